The first kappa shape index (κ1) is 25.1. The molecule has 37 heavy (non-hydrogen) atoms. The van der Waals surface area contributed by atoms with Gasteiger partial charge in [0.2, 0.25) is 5.91 Å². The number of carbonyl (C=O) groups is 1. The zero-order chi connectivity index (χ0) is 26.4. The number of nitro benzene ring substituents is 1. The largest absolute Gasteiger partial charge is 0.493 e. The summed E-state index contributed by atoms with van der Waals surface area (Å²) >= 11 is 0. The van der Waals surface area contributed by atoms with Crippen LogP contribution < -0.4 is 20.3 Å². The van der Waals surface area contributed by atoms with Crippen molar-refractivity contribution >= 4 is 28.7 Å². The Labute approximate surface area is 210 Å². The van der Waals surface area contributed by atoms with Gasteiger partial charge in [0, 0.05) is 24.8 Å². The van der Waals surface area contributed by atoms with E-state index >= 15 is 0 Å². The molecule has 1 N–H and O–H groups in total. The van der Waals surface area contributed by atoms with E-state index in [1.165, 1.54) is 35.3 Å². The summed E-state index contributed by atoms with van der Waals surface area (Å²) in [5, 5.41) is 18.2. The van der Waals surface area contributed by atoms with Gasteiger partial charge in [0.05, 0.1) is 38.4 Å². The highest BCUT2D eigenvalue weighted by atomic mass is 16.6. The number of aromatic nitrogens is 4. The Morgan fingerprint density at radius 2 is 1.89 bits per heavy atom. The summed E-state index contributed by atoms with van der Waals surface area (Å²) in [7, 11) is 3.09. The van der Waals surface area contributed by atoms with Gasteiger partial charge in [-0.15, -0.1) is 0 Å². The van der Waals surface area contributed by atoms with Gasteiger partial charge in [-0.1, -0.05) is 18.2 Å². The molecule has 0 saturated heterocycles. The van der Waals surface area contributed by atoms with Gasteiger partial charge in [0.25, 0.3) is 11.2 Å². The first-order valence-corrected chi connectivity index (χ1v) is 11.2. The van der Waals surface area contributed by atoms with Crippen molar-refractivity contribution in [3.05, 3.63) is 92.7 Å². The standard InChI is InChI=1S/C25H24N6O6/c1-36-21-9-5-17(13-22(21)37-2)6-10-23(32)26-11-12-30-24-20(14-28-30)25(33)29(16-27-24)15-18-3-7-19(8-4-18)31(34)35/h3-10,13-14,16H,11-12,15H2,1-2H3,(H,26,32)/b10-6-. The van der Waals surface area contributed by atoms with Gasteiger partial charge in [0.15, 0.2) is 17.1 Å². The van der Waals surface area contributed by atoms with Crippen LogP contribution in [0.3, 0.4) is 0 Å². The second kappa shape index (κ2) is 11.2. The fourth-order valence-electron chi connectivity index (χ4n) is 3.67. The van der Waals surface area contributed by atoms with E-state index in [0.29, 0.717) is 29.1 Å². The fourth-order valence-corrected chi connectivity index (χ4v) is 3.67. The quantitative estimate of drug-likeness (QED) is 0.197. The molecule has 12 heteroatoms. The average Bonchev–Trinajstić information content (AvgIpc) is 3.32. The molecule has 190 valence electrons. The lowest BCUT2D eigenvalue weighted by Gasteiger charge is -2.08. The molecule has 12 nitrogen and oxygen atoms in total. The third-order valence-corrected chi connectivity index (χ3v) is 5.58. The van der Waals surface area contributed by atoms with Crippen LogP contribution in [0.4, 0.5) is 5.69 Å². The van der Waals surface area contributed by atoms with Gasteiger partial charge in [-0.05, 0) is 29.3 Å². The molecular formula is C25H24N6O6. The van der Waals surface area contributed by atoms with Gasteiger partial charge in [-0.3, -0.25) is 24.3 Å². The van der Waals surface area contributed by atoms with Crippen molar-refractivity contribution < 1.29 is 19.2 Å². The number of nitrogens with zero attached hydrogens (tertiary/aromatic N) is 5. The van der Waals surface area contributed by atoms with Crippen molar-refractivity contribution in [1.29, 1.82) is 0 Å². The Morgan fingerprint density at radius 3 is 2.59 bits per heavy atom. The highest BCUT2D eigenvalue weighted by Crippen LogP contribution is 2.27. The van der Waals surface area contributed by atoms with Crippen LogP contribution in [0.2, 0.25) is 0 Å². The molecule has 0 fully saturated rings. The van der Waals surface area contributed by atoms with Crippen LogP contribution in [0.1, 0.15) is 11.1 Å². The number of ether oxygens (including phenoxy) is 2. The molecule has 4 aromatic rings. The van der Waals surface area contributed by atoms with Crippen LogP contribution in [-0.4, -0.2) is 50.9 Å². The molecule has 0 unspecified atom stereocenters. The molecule has 2 aromatic heterocycles. The predicted molar refractivity (Wildman–Crippen MR) is 136 cm³/mol. The maximum absolute atomic E-state index is 12.9. The van der Waals surface area contributed by atoms with Crippen LogP contribution >= 0.6 is 0 Å². The fraction of sp³-hybridized carbons (Fsp3) is 0.200. The number of fused-ring (bicyclic) bond motifs is 1. The van der Waals surface area contributed by atoms with E-state index in [-0.39, 0.29) is 30.2 Å². The number of rotatable bonds is 10. The highest BCUT2D eigenvalue weighted by molar-refractivity contribution is 5.91. The van der Waals surface area contributed by atoms with Crippen molar-refractivity contribution in [3.8, 4) is 11.5 Å². The Kier molecular flexibility index (Phi) is 7.57. The van der Waals surface area contributed by atoms with Crippen molar-refractivity contribution in [3.63, 3.8) is 0 Å². The second-order valence-electron chi connectivity index (χ2n) is 7.94. The Hall–Kier alpha value is -5.00. The minimum atomic E-state index is -0.477. The number of nitrogens with one attached hydrogen (secondary N) is 1. The molecule has 1 amide bonds. The summed E-state index contributed by atoms with van der Waals surface area (Å²) in [6.45, 7) is 0.811. The van der Waals surface area contributed by atoms with Crippen molar-refractivity contribution in [2.45, 2.75) is 13.1 Å². The molecule has 0 spiro atoms. The maximum atomic E-state index is 12.9. The van der Waals surface area contributed by atoms with Crippen LogP contribution in [0.25, 0.3) is 17.1 Å². The molecule has 0 aliphatic heterocycles. The number of hydrogen-bond acceptors (Lipinski definition) is 8. The normalized spacial score (nSPS) is 11.1. The van der Waals surface area contributed by atoms with E-state index in [2.05, 4.69) is 15.4 Å². The number of hydrogen-bond donors (Lipinski definition) is 1. The Morgan fingerprint density at radius 1 is 1.14 bits per heavy atom. The first-order valence-electron chi connectivity index (χ1n) is 11.2. The third-order valence-electron chi connectivity index (χ3n) is 5.58. The smallest absolute Gasteiger partial charge is 0.269 e. The second-order valence-corrected chi connectivity index (χ2v) is 7.94. The molecule has 2 aromatic carbocycles. The molecule has 0 saturated carbocycles. The summed E-state index contributed by atoms with van der Waals surface area (Å²) in [5.41, 5.74) is 1.61. The molecule has 4 rings (SSSR count). The van der Waals surface area contributed by atoms with Gasteiger partial charge in [0.1, 0.15) is 11.7 Å². The van der Waals surface area contributed by atoms with Gasteiger partial charge < -0.3 is 14.8 Å². The Balaban J connectivity index is 1.36. The van der Waals surface area contributed by atoms with Crippen molar-refractivity contribution in [2.75, 3.05) is 20.8 Å². The zero-order valence-corrected chi connectivity index (χ0v) is 20.2. The highest BCUT2D eigenvalue weighted by Gasteiger charge is 2.11. The van der Waals surface area contributed by atoms with Gasteiger partial charge in [-0.2, -0.15) is 5.10 Å². The predicted octanol–water partition coefficient (Wildman–Crippen LogP) is 2.40. The monoisotopic (exact) mass is 504 g/mol. The third kappa shape index (κ3) is 5.81. The van der Waals surface area contributed by atoms with E-state index in [9.17, 15) is 19.7 Å². The van der Waals surface area contributed by atoms with Crippen LogP contribution in [0.15, 0.2) is 65.9 Å². The number of non-ortho nitro benzene ring substituents is 1. The number of amides is 1. The summed E-state index contributed by atoms with van der Waals surface area (Å²) < 4.78 is 13.4. The van der Waals surface area contributed by atoms with Crippen LogP contribution in [0, 0.1) is 10.1 Å². The van der Waals surface area contributed by atoms with Crippen molar-refractivity contribution in [2.24, 2.45) is 0 Å². The lowest BCUT2D eigenvalue weighted by atomic mass is 10.2. The van der Waals surface area contributed by atoms with Gasteiger partial charge in [-0.25, -0.2) is 9.67 Å². The number of methoxy groups -OCH3 is 2. The van der Waals surface area contributed by atoms with Crippen LogP contribution in [0.5, 0.6) is 11.5 Å². The van der Waals surface area contributed by atoms with E-state index in [4.69, 9.17) is 9.47 Å². The minimum absolute atomic E-state index is 0.0190. The molecule has 0 radical (unpaired) electrons. The number of nitro groups is 1. The SMILES string of the molecule is COc1ccc(/C=C\C(=O)NCCn2ncc3c(=O)n(Cc4ccc([N+](=O)[O-])cc4)cnc32)cc1OC. The number of carbonyl (C=O) groups excluding carboxylic acids is 1. The molecular weight excluding hydrogens is 480 g/mol. The summed E-state index contributed by atoms with van der Waals surface area (Å²) in [4.78, 5) is 39.8. The topological polar surface area (TPSA) is 143 Å². The molecule has 2 heterocycles. The van der Waals surface area contributed by atoms with E-state index < -0.39 is 4.92 Å². The van der Waals surface area contributed by atoms with E-state index in [1.807, 2.05) is 0 Å². The first-order chi connectivity index (χ1) is 17.9. The molecule has 0 aliphatic rings. The average molecular weight is 505 g/mol. The molecule has 0 atom stereocenters. The van der Waals surface area contributed by atoms with Gasteiger partial charge >= 0.3 is 0 Å². The minimum Gasteiger partial charge on any atom is -0.493 e. The number of benzene rings is 2. The lowest BCUT2D eigenvalue weighted by molar-refractivity contribution is -0.384. The summed E-state index contributed by atoms with van der Waals surface area (Å²) in [5.74, 6) is 0.877. The molecule has 0 bridgehead atoms. The maximum Gasteiger partial charge on any atom is 0.269 e. The summed E-state index contributed by atoms with van der Waals surface area (Å²) in [6.07, 6.45) is 5.93. The molecule has 0 aliphatic carbocycles. The van der Waals surface area contributed by atoms with Crippen molar-refractivity contribution in [1.82, 2.24) is 24.6 Å². The van der Waals surface area contributed by atoms with E-state index in [0.717, 1.165) is 11.1 Å². The van der Waals surface area contributed by atoms with Crippen LogP contribution in [-0.2, 0) is 17.9 Å². The lowest BCUT2D eigenvalue weighted by Crippen LogP contribution is -2.26. The zero-order valence-electron chi connectivity index (χ0n) is 20.2. The van der Waals surface area contributed by atoms with E-state index in [1.54, 1.807) is 55.3 Å². The Bertz CT molecular complexity index is 1520. The summed E-state index contributed by atoms with van der Waals surface area (Å²) in [6, 6.07) is 11.3.